The number of rotatable bonds is 5. The number of ether oxygens (including phenoxy) is 2. The Labute approximate surface area is 95.7 Å². The molecule has 1 aromatic carbocycles. The molecular weight excluding hydrogens is 204 g/mol. The molecule has 1 unspecified atom stereocenters. The van der Waals surface area contributed by atoms with Gasteiger partial charge in [0, 0.05) is 7.11 Å². The zero-order chi connectivity index (χ0) is 11.8. The van der Waals surface area contributed by atoms with Gasteiger partial charge in [-0.3, -0.25) is 0 Å². The van der Waals surface area contributed by atoms with Crippen molar-refractivity contribution in [2.75, 3.05) is 13.7 Å². The molecule has 0 heterocycles. The van der Waals surface area contributed by atoms with Crippen molar-refractivity contribution < 1.29 is 14.3 Å². The molecular formula is C13H16O3. The third-order valence-corrected chi connectivity index (χ3v) is 1.94. The van der Waals surface area contributed by atoms with Gasteiger partial charge >= 0.3 is 5.97 Å². The molecule has 3 heteroatoms. The quantitative estimate of drug-likeness (QED) is 0.714. The van der Waals surface area contributed by atoms with E-state index < -0.39 is 0 Å². The second-order valence-corrected chi connectivity index (χ2v) is 3.40. The Balaban J connectivity index is 2.42. The summed E-state index contributed by atoms with van der Waals surface area (Å²) in [5.41, 5.74) is 1.08. The molecule has 0 fully saturated rings. The third-order valence-electron chi connectivity index (χ3n) is 1.94. The van der Waals surface area contributed by atoms with Gasteiger partial charge in [-0.1, -0.05) is 36.4 Å². The number of benzene rings is 1. The molecule has 0 aliphatic carbocycles. The molecule has 16 heavy (non-hydrogen) atoms. The molecule has 0 aliphatic rings. The maximum absolute atomic E-state index is 11.1. The fourth-order valence-corrected chi connectivity index (χ4v) is 1.21. The summed E-state index contributed by atoms with van der Waals surface area (Å²) in [5, 5.41) is 0. The van der Waals surface area contributed by atoms with Gasteiger partial charge in [0.2, 0.25) is 0 Å². The monoisotopic (exact) mass is 220 g/mol. The van der Waals surface area contributed by atoms with Crippen molar-refractivity contribution in [3.63, 3.8) is 0 Å². The Morgan fingerprint density at radius 3 is 2.69 bits per heavy atom. The van der Waals surface area contributed by atoms with E-state index in [2.05, 4.69) is 4.74 Å². The predicted octanol–water partition coefficient (Wildman–Crippen LogP) is 2.28. The van der Waals surface area contributed by atoms with Crippen LogP contribution < -0.4 is 0 Å². The number of methoxy groups -OCH3 is 1. The minimum Gasteiger partial charge on any atom is -0.457 e. The van der Waals surface area contributed by atoms with Crippen LogP contribution in [-0.2, 0) is 14.3 Å². The smallest absolute Gasteiger partial charge is 0.332 e. The summed E-state index contributed by atoms with van der Waals surface area (Å²) in [4.78, 5) is 11.1. The molecule has 0 amide bonds. The van der Waals surface area contributed by atoms with Crippen LogP contribution in [0, 0.1) is 0 Å². The number of esters is 1. The first-order chi connectivity index (χ1) is 7.72. The van der Waals surface area contributed by atoms with Gasteiger partial charge in [0.25, 0.3) is 0 Å². The van der Waals surface area contributed by atoms with Crippen LogP contribution >= 0.6 is 0 Å². The first-order valence-corrected chi connectivity index (χ1v) is 5.14. The van der Waals surface area contributed by atoms with E-state index in [1.807, 2.05) is 49.4 Å². The lowest BCUT2D eigenvalue weighted by molar-refractivity contribution is -0.150. The lowest BCUT2D eigenvalue weighted by Crippen LogP contribution is -2.16. The summed E-state index contributed by atoms with van der Waals surface area (Å²) >= 11 is 0. The van der Waals surface area contributed by atoms with Crippen molar-refractivity contribution >= 4 is 12.0 Å². The molecule has 1 rings (SSSR count). The maximum atomic E-state index is 11.1. The molecule has 1 aromatic rings. The van der Waals surface area contributed by atoms with Crippen molar-refractivity contribution in [2.45, 2.75) is 13.0 Å². The summed E-state index contributed by atoms with van der Waals surface area (Å²) in [5.74, 6) is -0.354. The average molecular weight is 220 g/mol. The van der Waals surface area contributed by atoms with Crippen LogP contribution in [0.1, 0.15) is 12.5 Å². The zero-order valence-electron chi connectivity index (χ0n) is 9.55. The van der Waals surface area contributed by atoms with Crippen molar-refractivity contribution in [3.05, 3.63) is 42.0 Å². The van der Waals surface area contributed by atoms with Crippen LogP contribution in [0.2, 0.25) is 0 Å². The summed E-state index contributed by atoms with van der Waals surface area (Å²) in [7, 11) is 1.46. The molecule has 0 bridgehead atoms. The Morgan fingerprint density at radius 2 is 2.06 bits per heavy atom. The molecule has 0 saturated heterocycles. The van der Waals surface area contributed by atoms with Gasteiger partial charge in [-0.05, 0) is 18.6 Å². The topological polar surface area (TPSA) is 35.5 Å². The van der Waals surface area contributed by atoms with Crippen molar-refractivity contribution in [1.82, 2.24) is 0 Å². The van der Waals surface area contributed by atoms with Crippen LogP contribution in [0.3, 0.4) is 0 Å². The van der Waals surface area contributed by atoms with Crippen LogP contribution in [0.25, 0.3) is 6.08 Å². The molecule has 0 saturated carbocycles. The van der Waals surface area contributed by atoms with Gasteiger partial charge in [0.1, 0.15) is 12.7 Å². The molecule has 0 aromatic heterocycles. The summed E-state index contributed by atoms with van der Waals surface area (Å²) in [6, 6.07) is 9.85. The highest BCUT2D eigenvalue weighted by Gasteiger charge is 2.05. The lowest BCUT2D eigenvalue weighted by Gasteiger charge is -2.08. The Hall–Kier alpha value is -1.61. The highest BCUT2D eigenvalue weighted by Crippen LogP contribution is 2.03. The van der Waals surface area contributed by atoms with Gasteiger partial charge in [0.15, 0.2) is 0 Å². The van der Waals surface area contributed by atoms with Crippen molar-refractivity contribution in [3.8, 4) is 0 Å². The largest absolute Gasteiger partial charge is 0.457 e. The lowest BCUT2D eigenvalue weighted by atomic mass is 10.2. The summed E-state index contributed by atoms with van der Waals surface area (Å²) < 4.78 is 9.73. The number of carbonyl (C=O) groups excluding carboxylic acids is 1. The third kappa shape index (κ3) is 4.75. The fourth-order valence-electron chi connectivity index (χ4n) is 1.21. The predicted molar refractivity (Wildman–Crippen MR) is 62.9 cm³/mol. The molecule has 86 valence electrons. The highest BCUT2D eigenvalue weighted by molar-refractivity contribution is 5.71. The Kier molecular flexibility index (Phi) is 5.29. The average Bonchev–Trinajstić information content (AvgIpc) is 2.28. The molecule has 0 radical (unpaired) electrons. The normalized spacial score (nSPS) is 12.6. The van der Waals surface area contributed by atoms with E-state index in [1.54, 1.807) is 0 Å². The Morgan fingerprint density at radius 1 is 1.38 bits per heavy atom. The van der Waals surface area contributed by atoms with E-state index in [0.29, 0.717) is 0 Å². The van der Waals surface area contributed by atoms with Gasteiger partial charge < -0.3 is 9.47 Å². The van der Waals surface area contributed by atoms with Crippen LogP contribution in [0.15, 0.2) is 36.4 Å². The second-order valence-electron chi connectivity index (χ2n) is 3.40. The SMILES string of the molecule is COCC(=O)OC(C)/C=C/c1ccccc1. The van der Waals surface area contributed by atoms with Gasteiger partial charge in [-0.15, -0.1) is 0 Å². The van der Waals surface area contributed by atoms with Gasteiger partial charge in [0.05, 0.1) is 0 Å². The number of hydrogen-bond acceptors (Lipinski definition) is 3. The van der Waals surface area contributed by atoms with Crippen LogP contribution in [-0.4, -0.2) is 25.8 Å². The molecule has 0 aliphatic heterocycles. The minimum atomic E-state index is -0.354. The van der Waals surface area contributed by atoms with Crippen LogP contribution in [0.4, 0.5) is 0 Å². The van der Waals surface area contributed by atoms with E-state index in [1.165, 1.54) is 7.11 Å². The molecule has 0 spiro atoms. The standard InChI is InChI=1S/C13H16O3/c1-11(16-13(14)10-15-2)8-9-12-6-4-3-5-7-12/h3-9,11H,10H2,1-2H3/b9-8+. The number of hydrogen-bond donors (Lipinski definition) is 0. The Bertz CT molecular complexity index is 343. The van der Waals surface area contributed by atoms with E-state index in [4.69, 9.17) is 4.74 Å². The molecule has 1 atom stereocenters. The number of carbonyl (C=O) groups is 1. The zero-order valence-corrected chi connectivity index (χ0v) is 9.55. The maximum Gasteiger partial charge on any atom is 0.332 e. The molecule has 0 N–H and O–H groups in total. The van der Waals surface area contributed by atoms with Gasteiger partial charge in [-0.25, -0.2) is 4.79 Å². The second kappa shape index (κ2) is 6.80. The van der Waals surface area contributed by atoms with E-state index >= 15 is 0 Å². The van der Waals surface area contributed by atoms with Crippen molar-refractivity contribution in [1.29, 1.82) is 0 Å². The molecule has 3 nitrogen and oxygen atoms in total. The summed E-state index contributed by atoms with van der Waals surface area (Å²) in [6.45, 7) is 1.80. The van der Waals surface area contributed by atoms with E-state index in [0.717, 1.165) is 5.56 Å². The van der Waals surface area contributed by atoms with Crippen molar-refractivity contribution in [2.24, 2.45) is 0 Å². The highest BCUT2D eigenvalue weighted by atomic mass is 16.6. The summed E-state index contributed by atoms with van der Waals surface area (Å²) in [6.07, 6.45) is 3.51. The first kappa shape index (κ1) is 12.5. The first-order valence-electron chi connectivity index (χ1n) is 5.14. The van der Waals surface area contributed by atoms with Gasteiger partial charge in [-0.2, -0.15) is 0 Å². The van der Waals surface area contributed by atoms with E-state index in [-0.39, 0.29) is 18.7 Å². The van der Waals surface area contributed by atoms with E-state index in [9.17, 15) is 4.79 Å². The minimum absolute atomic E-state index is 0.0104. The fraction of sp³-hybridized carbons (Fsp3) is 0.308. The van der Waals surface area contributed by atoms with Crippen LogP contribution in [0.5, 0.6) is 0 Å².